The Morgan fingerprint density at radius 3 is 2.86 bits per heavy atom. The van der Waals surface area contributed by atoms with Crippen molar-refractivity contribution >= 4 is 0 Å². The Kier molecular flexibility index (Phi) is 4.55. The highest BCUT2D eigenvalue weighted by Gasteiger charge is 2.17. The minimum Gasteiger partial charge on any atom is -0.487 e. The summed E-state index contributed by atoms with van der Waals surface area (Å²) in [6, 6.07) is 10.8. The number of benzene rings is 1. The lowest BCUT2D eigenvalue weighted by molar-refractivity contribution is 0.294. The minimum absolute atomic E-state index is 0.528. The molecule has 1 fully saturated rings. The van der Waals surface area contributed by atoms with Gasteiger partial charge in [-0.3, -0.25) is 4.68 Å². The first-order chi connectivity index (χ1) is 10.4. The Hall–Kier alpha value is -1.81. The highest BCUT2D eigenvalue weighted by atomic mass is 16.5. The number of aromatic nitrogens is 2. The van der Waals surface area contributed by atoms with Crippen LogP contribution in [0.25, 0.3) is 0 Å². The Labute approximate surface area is 126 Å². The molecule has 0 spiro atoms. The van der Waals surface area contributed by atoms with Gasteiger partial charge in [-0.15, -0.1) is 0 Å². The maximum Gasteiger partial charge on any atom is 0.132 e. The van der Waals surface area contributed by atoms with Gasteiger partial charge in [0.1, 0.15) is 12.4 Å². The van der Waals surface area contributed by atoms with Gasteiger partial charge in [0.2, 0.25) is 0 Å². The fourth-order valence-corrected chi connectivity index (χ4v) is 2.96. The molecular weight excluding hydrogens is 262 g/mol. The fourth-order valence-electron chi connectivity index (χ4n) is 2.96. The largest absolute Gasteiger partial charge is 0.487 e. The molecule has 1 N–H and O–H groups in total. The van der Waals surface area contributed by atoms with Gasteiger partial charge >= 0.3 is 0 Å². The van der Waals surface area contributed by atoms with E-state index >= 15 is 0 Å². The van der Waals surface area contributed by atoms with Crippen LogP contribution < -0.4 is 10.1 Å². The number of ether oxygens (including phenoxy) is 1. The number of rotatable bonds is 6. The molecule has 1 aliphatic carbocycles. The minimum atomic E-state index is 0.528. The van der Waals surface area contributed by atoms with E-state index in [9.17, 15) is 0 Å². The van der Waals surface area contributed by atoms with Crippen molar-refractivity contribution in [3.63, 3.8) is 0 Å². The van der Waals surface area contributed by atoms with Crippen molar-refractivity contribution in [2.24, 2.45) is 0 Å². The molecule has 0 aliphatic heterocycles. The van der Waals surface area contributed by atoms with Crippen molar-refractivity contribution in [1.82, 2.24) is 15.1 Å². The summed E-state index contributed by atoms with van der Waals surface area (Å²) in [7, 11) is 1.94. The van der Waals surface area contributed by atoms with Gasteiger partial charge < -0.3 is 10.1 Å². The van der Waals surface area contributed by atoms with Crippen LogP contribution in [0.1, 0.15) is 43.0 Å². The van der Waals surface area contributed by atoms with Gasteiger partial charge in [-0.1, -0.05) is 31.0 Å². The lowest BCUT2D eigenvalue weighted by atomic mass is 10.2. The van der Waals surface area contributed by atoms with Gasteiger partial charge in [0, 0.05) is 18.3 Å². The number of nitrogens with zero attached hydrogens (tertiary/aromatic N) is 2. The quantitative estimate of drug-likeness (QED) is 0.885. The maximum atomic E-state index is 5.94. The average Bonchev–Trinajstić information content (AvgIpc) is 3.18. The third kappa shape index (κ3) is 3.45. The molecule has 1 aromatic carbocycles. The van der Waals surface area contributed by atoms with Gasteiger partial charge in [-0.05, 0) is 32.0 Å². The van der Waals surface area contributed by atoms with Gasteiger partial charge in [-0.2, -0.15) is 5.10 Å². The van der Waals surface area contributed by atoms with E-state index < -0.39 is 0 Å². The number of para-hydroxylation sites is 1. The normalized spacial score (nSPS) is 15.5. The monoisotopic (exact) mass is 285 g/mol. The zero-order valence-corrected chi connectivity index (χ0v) is 12.6. The van der Waals surface area contributed by atoms with E-state index in [4.69, 9.17) is 4.74 Å². The SMILES string of the molecule is CNCc1ccccc1OCc1ccn(C2CCCC2)n1. The first kappa shape index (κ1) is 14.1. The van der Waals surface area contributed by atoms with Crippen LogP contribution in [-0.4, -0.2) is 16.8 Å². The lowest BCUT2D eigenvalue weighted by Gasteiger charge is -2.11. The predicted octanol–water partition coefficient (Wildman–Crippen LogP) is 3.30. The van der Waals surface area contributed by atoms with Crippen LogP contribution in [0.15, 0.2) is 36.5 Å². The molecular formula is C17H23N3O. The topological polar surface area (TPSA) is 39.1 Å². The molecule has 21 heavy (non-hydrogen) atoms. The standard InChI is InChI=1S/C17H23N3O/c1-18-12-14-6-2-5-9-17(14)21-13-15-10-11-20(19-15)16-7-3-4-8-16/h2,5-6,9-11,16,18H,3-4,7-8,12-13H2,1H3. The Bertz CT molecular complexity index is 573. The lowest BCUT2D eigenvalue weighted by Crippen LogP contribution is -2.08. The smallest absolute Gasteiger partial charge is 0.132 e. The van der Waals surface area contributed by atoms with Gasteiger partial charge in [-0.25, -0.2) is 0 Å². The summed E-state index contributed by atoms with van der Waals surface area (Å²) in [5.41, 5.74) is 2.18. The molecule has 1 aliphatic rings. The van der Waals surface area contributed by atoms with Crippen LogP contribution in [0.3, 0.4) is 0 Å². The van der Waals surface area contributed by atoms with Crippen molar-refractivity contribution in [3.8, 4) is 5.75 Å². The fraction of sp³-hybridized carbons (Fsp3) is 0.471. The zero-order chi connectivity index (χ0) is 14.5. The Morgan fingerprint density at radius 2 is 2.05 bits per heavy atom. The Morgan fingerprint density at radius 1 is 1.24 bits per heavy atom. The van der Waals surface area contributed by atoms with Crippen molar-refractivity contribution < 1.29 is 4.74 Å². The second-order valence-corrected chi connectivity index (χ2v) is 5.65. The summed E-state index contributed by atoms with van der Waals surface area (Å²) >= 11 is 0. The summed E-state index contributed by atoms with van der Waals surface area (Å²) in [6.07, 6.45) is 7.26. The van der Waals surface area contributed by atoms with E-state index in [1.807, 2.05) is 25.2 Å². The van der Waals surface area contributed by atoms with Crippen LogP contribution >= 0.6 is 0 Å². The summed E-state index contributed by atoms with van der Waals surface area (Å²) < 4.78 is 8.05. The van der Waals surface area contributed by atoms with Crippen molar-refractivity contribution in [2.75, 3.05) is 7.05 Å². The zero-order valence-electron chi connectivity index (χ0n) is 12.6. The van der Waals surface area contributed by atoms with Crippen LogP contribution in [0, 0.1) is 0 Å². The molecule has 1 aromatic heterocycles. The van der Waals surface area contributed by atoms with Crippen LogP contribution in [0.2, 0.25) is 0 Å². The highest BCUT2D eigenvalue weighted by Crippen LogP contribution is 2.28. The van der Waals surface area contributed by atoms with E-state index in [2.05, 4.69) is 33.4 Å². The van der Waals surface area contributed by atoms with Crippen molar-refractivity contribution in [1.29, 1.82) is 0 Å². The second-order valence-electron chi connectivity index (χ2n) is 5.65. The van der Waals surface area contributed by atoms with E-state index in [1.165, 1.54) is 31.2 Å². The van der Waals surface area contributed by atoms with E-state index in [0.717, 1.165) is 18.0 Å². The highest BCUT2D eigenvalue weighted by molar-refractivity contribution is 5.33. The van der Waals surface area contributed by atoms with Gasteiger partial charge in [0.05, 0.1) is 11.7 Å². The molecule has 0 amide bonds. The summed E-state index contributed by atoms with van der Waals surface area (Å²) in [6.45, 7) is 1.34. The third-order valence-electron chi connectivity index (χ3n) is 4.08. The van der Waals surface area contributed by atoms with E-state index in [0.29, 0.717) is 12.6 Å². The molecule has 112 valence electrons. The molecule has 3 rings (SSSR count). The molecule has 0 radical (unpaired) electrons. The maximum absolute atomic E-state index is 5.94. The average molecular weight is 285 g/mol. The van der Waals surface area contributed by atoms with Gasteiger partial charge in [0.25, 0.3) is 0 Å². The number of hydrogen-bond acceptors (Lipinski definition) is 3. The van der Waals surface area contributed by atoms with Crippen molar-refractivity contribution in [3.05, 3.63) is 47.8 Å². The molecule has 2 aromatic rings. The molecule has 0 unspecified atom stereocenters. The molecule has 4 nitrogen and oxygen atoms in total. The van der Waals surface area contributed by atoms with Crippen molar-refractivity contribution in [2.45, 2.75) is 44.9 Å². The summed E-state index contributed by atoms with van der Waals surface area (Å²) in [4.78, 5) is 0. The Balaban J connectivity index is 1.62. The van der Waals surface area contributed by atoms with E-state index in [1.54, 1.807) is 0 Å². The van der Waals surface area contributed by atoms with Crippen LogP contribution in [0.5, 0.6) is 5.75 Å². The molecule has 0 saturated heterocycles. The van der Waals surface area contributed by atoms with Crippen LogP contribution in [0.4, 0.5) is 0 Å². The third-order valence-corrected chi connectivity index (χ3v) is 4.08. The molecule has 1 heterocycles. The molecule has 1 saturated carbocycles. The first-order valence-corrected chi connectivity index (χ1v) is 7.76. The van der Waals surface area contributed by atoms with Gasteiger partial charge in [0.15, 0.2) is 0 Å². The molecule has 0 bridgehead atoms. The van der Waals surface area contributed by atoms with Crippen LogP contribution in [-0.2, 0) is 13.2 Å². The molecule has 0 atom stereocenters. The predicted molar refractivity (Wildman–Crippen MR) is 83.3 cm³/mol. The van der Waals surface area contributed by atoms with E-state index in [-0.39, 0.29) is 0 Å². The second kappa shape index (κ2) is 6.76. The first-order valence-electron chi connectivity index (χ1n) is 7.76. The summed E-state index contributed by atoms with van der Waals surface area (Å²) in [5, 5.41) is 7.82. The number of hydrogen-bond donors (Lipinski definition) is 1. The summed E-state index contributed by atoms with van der Waals surface area (Å²) in [5.74, 6) is 0.933. The number of nitrogens with one attached hydrogen (secondary N) is 1. The molecule has 4 heteroatoms.